The first-order chi connectivity index (χ1) is 11.2. The second kappa shape index (κ2) is 8.65. The Morgan fingerprint density at radius 1 is 1.00 bits per heavy atom. The van der Waals surface area contributed by atoms with Crippen LogP contribution < -0.4 is 4.74 Å². The minimum absolute atomic E-state index is 0.104. The third-order valence-corrected chi connectivity index (χ3v) is 3.30. The fraction of sp³-hybridized carbons (Fsp3) is 0.250. The predicted molar refractivity (Wildman–Crippen MR) is 90.1 cm³/mol. The van der Waals surface area contributed by atoms with Gasteiger partial charge in [-0.2, -0.15) is 0 Å². The summed E-state index contributed by atoms with van der Waals surface area (Å²) in [6.07, 6.45) is 0.388. The van der Waals surface area contributed by atoms with Gasteiger partial charge in [0.15, 0.2) is 6.10 Å². The van der Waals surface area contributed by atoms with Gasteiger partial charge in [-0.15, -0.1) is 5.92 Å². The third kappa shape index (κ3) is 4.89. The van der Waals surface area contributed by atoms with Crippen molar-refractivity contribution in [3.8, 4) is 17.6 Å². The Morgan fingerprint density at radius 3 is 2.26 bits per heavy atom. The van der Waals surface area contributed by atoms with Crippen LogP contribution in [0, 0.1) is 11.8 Å². The maximum Gasteiger partial charge on any atom is 0.318 e. The minimum atomic E-state index is -0.446. The van der Waals surface area contributed by atoms with Gasteiger partial charge in [0.1, 0.15) is 12.2 Å². The van der Waals surface area contributed by atoms with E-state index in [0.717, 1.165) is 23.3 Å². The molecule has 3 heteroatoms. The molecule has 1 unspecified atom stereocenters. The molecule has 2 rings (SSSR count). The Bertz CT molecular complexity index is 678. The van der Waals surface area contributed by atoms with E-state index >= 15 is 0 Å². The zero-order valence-corrected chi connectivity index (χ0v) is 13.4. The lowest BCUT2D eigenvalue weighted by Gasteiger charge is -2.18. The van der Waals surface area contributed by atoms with Crippen LogP contribution >= 0.6 is 0 Å². The van der Waals surface area contributed by atoms with E-state index in [1.165, 1.54) is 0 Å². The van der Waals surface area contributed by atoms with E-state index in [2.05, 4.69) is 11.8 Å². The summed E-state index contributed by atoms with van der Waals surface area (Å²) >= 11 is 0. The summed E-state index contributed by atoms with van der Waals surface area (Å²) in [5, 5.41) is 0. The molecule has 0 saturated carbocycles. The fourth-order valence-electron chi connectivity index (χ4n) is 2.17. The van der Waals surface area contributed by atoms with Crippen LogP contribution in [0.25, 0.3) is 0 Å². The van der Waals surface area contributed by atoms with Gasteiger partial charge in [0.2, 0.25) is 0 Å². The second-order valence-electron chi connectivity index (χ2n) is 4.94. The molecule has 23 heavy (non-hydrogen) atoms. The van der Waals surface area contributed by atoms with E-state index in [-0.39, 0.29) is 12.4 Å². The maximum atomic E-state index is 12.0. The molecule has 2 aromatic rings. The van der Waals surface area contributed by atoms with E-state index in [1.54, 1.807) is 7.11 Å². The van der Waals surface area contributed by atoms with Crippen LogP contribution in [-0.2, 0) is 9.53 Å². The van der Waals surface area contributed by atoms with Gasteiger partial charge in [-0.1, -0.05) is 55.3 Å². The topological polar surface area (TPSA) is 35.5 Å². The van der Waals surface area contributed by atoms with Gasteiger partial charge in [-0.25, -0.2) is 0 Å². The van der Waals surface area contributed by atoms with Crippen LogP contribution in [0.4, 0.5) is 0 Å². The van der Waals surface area contributed by atoms with Crippen molar-refractivity contribution < 1.29 is 14.3 Å². The van der Waals surface area contributed by atoms with Crippen LogP contribution in [0.1, 0.15) is 37.0 Å². The Morgan fingerprint density at radius 2 is 1.65 bits per heavy atom. The zero-order valence-electron chi connectivity index (χ0n) is 13.4. The van der Waals surface area contributed by atoms with Crippen molar-refractivity contribution >= 4 is 5.97 Å². The molecule has 0 aliphatic rings. The van der Waals surface area contributed by atoms with Crippen molar-refractivity contribution in [2.24, 2.45) is 0 Å². The fourth-order valence-corrected chi connectivity index (χ4v) is 2.17. The van der Waals surface area contributed by atoms with Crippen molar-refractivity contribution in [3.05, 3.63) is 65.7 Å². The van der Waals surface area contributed by atoms with E-state index in [1.807, 2.05) is 61.5 Å². The summed E-state index contributed by atoms with van der Waals surface area (Å²) in [7, 11) is 1.62. The SMILES string of the molecule is CCC#CCC(=O)OC(c1ccccc1)c1ccc(OC)cc1. The molecule has 0 heterocycles. The van der Waals surface area contributed by atoms with E-state index < -0.39 is 6.10 Å². The Labute approximate surface area is 137 Å². The predicted octanol–water partition coefficient (Wildman–Crippen LogP) is 4.13. The number of methoxy groups -OCH3 is 1. The summed E-state index contributed by atoms with van der Waals surface area (Å²) in [6, 6.07) is 17.2. The molecule has 3 nitrogen and oxygen atoms in total. The number of esters is 1. The molecular weight excluding hydrogens is 288 g/mol. The standard InChI is InChI=1S/C20H20O3/c1-3-4-6-11-19(21)23-20(16-9-7-5-8-10-16)17-12-14-18(22-2)15-13-17/h5,7-10,12-15,20H,3,11H2,1-2H3. The number of hydrogen-bond acceptors (Lipinski definition) is 3. The van der Waals surface area contributed by atoms with Crippen LogP contribution in [0.15, 0.2) is 54.6 Å². The van der Waals surface area contributed by atoms with Crippen LogP contribution in [-0.4, -0.2) is 13.1 Å². The minimum Gasteiger partial charge on any atom is -0.497 e. The van der Waals surface area contributed by atoms with Crippen molar-refractivity contribution in [1.82, 2.24) is 0 Å². The van der Waals surface area contributed by atoms with Crippen LogP contribution in [0.2, 0.25) is 0 Å². The first kappa shape index (κ1) is 16.6. The number of ether oxygens (including phenoxy) is 2. The number of hydrogen-bond donors (Lipinski definition) is 0. The third-order valence-electron chi connectivity index (χ3n) is 3.30. The van der Waals surface area contributed by atoms with E-state index in [4.69, 9.17) is 9.47 Å². The smallest absolute Gasteiger partial charge is 0.318 e. The van der Waals surface area contributed by atoms with Crippen molar-refractivity contribution in [2.45, 2.75) is 25.9 Å². The number of carbonyl (C=O) groups is 1. The molecular formula is C20H20O3. The Hall–Kier alpha value is -2.73. The quantitative estimate of drug-likeness (QED) is 0.615. The number of carbonyl (C=O) groups excluding carboxylic acids is 1. The van der Waals surface area contributed by atoms with Gasteiger partial charge in [-0.05, 0) is 23.3 Å². The molecule has 0 radical (unpaired) electrons. The average molecular weight is 308 g/mol. The van der Waals surface area contributed by atoms with Gasteiger partial charge < -0.3 is 9.47 Å². The number of benzene rings is 2. The molecule has 0 aromatic heterocycles. The summed E-state index contributed by atoms with van der Waals surface area (Å²) in [5.41, 5.74) is 1.82. The van der Waals surface area contributed by atoms with Crippen LogP contribution in [0.5, 0.6) is 5.75 Å². The molecule has 0 amide bonds. The van der Waals surface area contributed by atoms with Crippen molar-refractivity contribution in [1.29, 1.82) is 0 Å². The molecule has 0 N–H and O–H groups in total. The van der Waals surface area contributed by atoms with Crippen LogP contribution in [0.3, 0.4) is 0 Å². The number of rotatable bonds is 5. The summed E-state index contributed by atoms with van der Waals surface area (Å²) < 4.78 is 10.8. The highest BCUT2D eigenvalue weighted by Crippen LogP contribution is 2.27. The molecule has 0 aliphatic carbocycles. The highest BCUT2D eigenvalue weighted by Gasteiger charge is 2.18. The average Bonchev–Trinajstić information content (AvgIpc) is 2.61. The first-order valence-electron chi connectivity index (χ1n) is 7.58. The van der Waals surface area contributed by atoms with Gasteiger partial charge in [-0.3, -0.25) is 4.79 Å². The van der Waals surface area contributed by atoms with E-state index in [9.17, 15) is 4.79 Å². The Balaban J connectivity index is 2.23. The van der Waals surface area contributed by atoms with Gasteiger partial charge in [0.05, 0.1) is 7.11 Å². The molecule has 0 fully saturated rings. The Kier molecular flexibility index (Phi) is 6.26. The molecule has 1 atom stereocenters. The highest BCUT2D eigenvalue weighted by molar-refractivity contribution is 5.73. The van der Waals surface area contributed by atoms with Gasteiger partial charge in [0, 0.05) is 6.42 Å². The summed E-state index contributed by atoms with van der Waals surface area (Å²) in [6.45, 7) is 1.95. The lowest BCUT2D eigenvalue weighted by atomic mass is 10.0. The summed E-state index contributed by atoms with van der Waals surface area (Å²) in [5.74, 6) is 6.14. The lowest BCUT2D eigenvalue weighted by molar-refractivity contribution is -0.146. The van der Waals surface area contributed by atoms with Gasteiger partial charge in [0.25, 0.3) is 0 Å². The first-order valence-corrected chi connectivity index (χ1v) is 7.58. The van der Waals surface area contributed by atoms with Crippen molar-refractivity contribution in [3.63, 3.8) is 0 Å². The zero-order chi connectivity index (χ0) is 16.5. The molecule has 0 aliphatic heterocycles. The molecule has 2 aromatic carbocycles. The lowest BCUT2D eigenvalue weighted by Crippen LogP contribution is -2.12. The van der Waals surface area contributed by atoms with Crippen molar-refractivity contribution in [2.75, 3.05) is 7.11 Å². The largest absolute Gasteiger partial charge is 0.497 e. The normalized spacial score (nSPS) is 11.0. The van der Waals surface area contributed by atoms with E-state index in [0.29, 0.717) is 0 Å². The monoisotopic (exact) mass is 308 g/mol. The second-order valence-corrected chi connectivity index (χ2v) is 4.94. The van der Waals surface area contributed by atoms with Gasteiger partial charge >= 0.3 is 5.97 Å². The molecule has 118 valence electrons. The summed E-state index contributed by atoms with van der Waals surface area (Å²) in [4.78, 5) is 12.0. The molecule has 0 bridgehead atoms. The molecule has 0 spiro atoms. The maximum absolute atomic E-state index is 12.0. The highest BCUT2D eigenvalue weighted by atomic mass is 16.5. The molecule has 0 saturated heterocycles.